The highest BCUT2D eigenvalue weighted by Crippen LogP contribution is 2.32. The summed E-state index contributed by atoms with van der Waals surface area (Å²) in [4.78, 5) is 11.2. The maximum absolute atomic E-state index is 11.2. The Hall–Kier alpha value is -1.83. The maximum atomic E-state index is 11.2. The van der Waals surface area contributed by atoms with Crippen molar-refractivity contribution < 1.29 is 9.90 Å². The van der Waals surface area contributed by atoms with E-state index in [9.17, 15) is 9.90 Å². The molecular formula is C15H16O2. The SMILES string of the molecule is CCCCc1cc(C(=O)O)c2cccccc1-2. The molecule has 0 atom stereocenters. The first-order chi connectivity index (χ1) is 8.24. The predicted octanol–water partition coefficient (Wildman–Crippen LogP) is 3.83. The first-order valence-electron chi connectivity index (χ1n) is 5.98. The summed E-state index contributed by atoms with van der Waals surface area (Å²) in [7, 11) is 0. The molecule has 2 heteroatoms. The van der Waals surface area contributed by atoms with Gasteiger partial charge in [0, 0.05) is 0 Å². The number of carboxylic acids is 1. The summed E-state index contributed by atoms with van der Waals surface area (Å²) in [5.74, 6) is -0.844. The number of fused-ring (bicyclic) bond motifs is 1. The Morgan fingerprint density at radius 2 is 1.88 bits per heavy atom. The lowest BCUT2D eigenvalue weighted by Gasteiger charge is -2.00. The standard InChI is InChI=1S/C15H16O2/c1-2-3-7-11-10-14(15(16)17)13-9-6-4-5-8-12(11)13/h4-6,8-10H,2-3,7H2,1H3,(H,16,17). The van der Waals surface area contributed by atoms with Gasteiger partial charge in [0.25, 0.3) is 0 Å². The molecule has 2 rings (SSSR count). The molecule has 0 aromatic heterocycles. The van der Waals surface area contributed by atoms with Crippen LogP contribution in [-0.2, 0) is 6.42 Å². The molecule has 0 saturated carbocycles. The lowest BCUT2D eigenvalue weighted by molar-refractivity contribution is 0.0698. The summed E-state index contributed by atoms with van der Waals surface area (Å²) in [6, 6.07) is 11.5. The van der Waals surface area contributed by atoms with E-state index in [1.54, 1.807) is 0 Å². The van der Waals surface area contributed by atoms with Gasteiger partial charge in [-0.3, -0.25) is 0 Å². The average molecular weight is 228 g/mol. The minimum atomic E-state index is -0.844. The van der Waals surface area contributed by atoms with Gasteiger partial charge in [-0.25, -0.2) is 4.79 Å². The van der Waals surface area contributed by atoms with Crippen LogP contribution in [0.4, 0.5) is 0 Å². The number of aromatic carboxylic acids is 1. The van der Waals surface area contributed by atoms with Gasteiger partial charge in [-0.1, -0.05) is 43.7 Å². The van der Waals surface area contributed by atoms with E-state index in [0.29, 0.717) is 5.56 Å². The van der Waals surface area contributed by atoms with E-state index in [-0.39, 0.29) is 0 Å². The second-order valence-electron chi connectivity index (χ2n) is 4.23. The van der Waals surface area contributed by atoms with Crippen LogP contribution in [0.2, 0.25) is 0 Å². The van der Waals surface area contributed by atoms with Crippen LogP contribution in [0, 0.1) is 0 Å². The fourth-order valence-corrected chi connectivity index (χ4v) is 2.14. The molecule has 1 N–H and O–H groups in total. The molecule has 0 radical (unpaired) electrons. The van der Waals surface area contributed by atoms with Crippen molar-refractivity contribution in [3.8, 4) is 11.1 Å². The Morgan fingerprint density at radius 1 is 1.18 bits per heavy atom. The van der Waals surface area contributed by atoms with E-state index in [1.165, 1.54) is 0 Å². The zero-order chi connectivity index (χ0) is 12.3. The molecule has 0 amide bonds. The minimum Gasteiger partial charge on any atom is -0.478 e. The molecule has 0 aromatic carbocycles. The molecule has 0 spiro atoms. The van der Waals surface area contributed by atoms with Crippen LogP contribution in [0.5, 0.6) is 0 Å². The predicted molar refractivity (Wildman–Crippen MR) is 68.6 cm³/mol. The highest BCUT2D eigenvalue weighted by atomic mass is 16.4. The van der Waals surface area contributed by atoms with Crippen LogP contribution in [0.1, 0.15) is 35.7 Å². The van der Waals surface area contributed by atoms with Gasteiger partial charge in [0.05, 0.1) is 5.56 Å². The topological polar surface area (TPSA) is 37.3 Å². The highest BCUT2D eigenvalue weighted by molar-refractivity contribution is 5.98. The molecule has 0 heterocycles. The summed E-state index contributed by atoms with van der Waals surface area (Å²) >= 11 is 0. The molecule has 0 aliphatic heterocycles. The molecule has 88 valence electrons. The fraction of sp³-hybridized carbons (Fsp3) is 0.267. The number of rotatable bonds is 4. The van der Waals surface area contributed by atoms with Gasteiger partial charge >= 0.3 is 5.97 Å². The smallest absolute Gasteiger partial charge is 0.336 e. The zero-order valence-electron chi connectivity index (χ0n) is 9.94. The number of aryl methyl sites for hydroxylation is 1. The second-order valence-corrected chi connectivity index (χ2v) is 4.23. The summed E-state index contributed by atoms with van der Waals surface area (Å²) < 4.78 is 0. The third-order valence-corrected chi connectivity index (χ3v) is 3.02. The van der Waals surface area contributed by atoms with E-state index in [0.717, 1.165) is 36.0 Å². The summed E-state index contributed by atoms with van der Waals surface area (Å²) in [5, 5.41) is 9.20. The quantitative estimate of drug-likeness (QED) is 0.863. The van der Waals surface area contributed by atoms with Crippen LogP contribution < -0.4 is 0 Å². The van der Waals surface area contributed by atoms with E-state index in [1.807, 2.05) is 36.4 Å². The lowest BCUT2D eigenvalue weighted by Crippen LogP contribution is -1.94. The van der Waals surface area contributed by atoms with Crippen LogP contribution in [0.15, 0.2) is 36.4 Å². The molecule has 2 aliphatic rings. The third-order valence-electron chi connectivity index (χ3n) is 3.02. The number of hydrogen-bond acceptors (Lipinski definition) is 1. The largest absolute Gasteiger partial charge is 0.478 e. The Morgan fingerprint density at radius 3 is 2.53 bits per heavy atom. The third kappa shape index (κ3) is 2.31. The molecule has 0 bridgehead atoms. The summed E-state index contributed by atoms with van der Waals surface area (Å²) in [5.41, 5.74) is 3.48. The second kappa shape index (κ2) is 5.00. The molecule has 17 heavy (non-hydrogen) atoms. The Bertz CT molecular complexity index is 502. The van der Waals surface area contributed by atoms with E-state index in [4.69, 9.17) is 0 Å². The summed E-state index contributed by atoms with van der Waals surface area (Å²) in [6.45, 7) is 2.14. The van der Waals surface area contributed by atoms with E-state index < -0.39 is 5.97 Å². The molecule has 0 unspecified atom stereocenters. The fourth-order valence-electron chi connectivity index (χ4n) is 2.14. The number of carbonyl (C=O) groups is 1. The van der Waals surface area contributed by atoms with Gasteiger partial charge in [0.1, 0.15) is 0 Å². The van der Waals surface area contributed by atoms with Gasteiger partial charge in [-0.2, -0.15) is 0 Å². The Kier molecular flexibility index (Phi) is 3.43. The minimum absolute atomic E-state index is 0.419. The van der Waals surface area contributed by atoms with E-state index >= 15 is 0 Å². The number of unbranched alkanes of at least 4 members (excludes halogenated alkanes) is 1. The number of carboxylic acid groups (broad SMARTS) is 1. The van der Waals surface area contributed by atoms with Gasteiger partial charge in [0.15, 0.2) is 0 Å². The molecule has 2 nitrogen and oxygen atoms in total. The van der Waals surface area contributed by atoms with Crippen LogP contribution in [0.3, 0.4) is 0 Å². The summed E-state index contributed by atoms with van der Waals surface area (Å²) in [6.07, 6.45) is 3.16. The number of hydrogen-bond donors (Lipinski definition) is 1. The Labute approximate surface area is 101 Å². The maximum Gasteiger partial charge on any atom is 0.336 e. The van der Waals surface area contributed by atoms with Crippen molar-refractivity contribution in [1.82, 2.24) is 0 Å². The van der Waals surface area contributed by atoms with Gasteiger partial charge in [0.2, 0.25) is 0 Å². The van der Waals surface area contributed by atoms with Crippen molar-refractivity contribution in [2.75, 3.05) is 0 Å². The average Bonchev–Trinajstić information content (AvgIpc) is 2.49. The van der Waals surface area contributed by atoms with E-state index in [2.05, 4.69) is 6.92 Å². The van der Waals surface area contributed by atoms with Crippen molar-refractivity contribution in [3.63, 3.8) is 0 Å². The Balaban J connectivity index is 2.52. The zero-order valence-corrected chi connectivity index (χ0v) is 9.94. The molecule has 0 fully saturated rings. The monoisotopic (exact) mass is 228 g/mol. The molecule has 0 aromatic rings. The van der Waals surface area contributed by atoms with Crippen molar-refractivity contribution in [3.05, 3.63) is 47.5 Å². The first-order valence-corrected chi connectivity index (χ1v) is 5.98. The van der Waals surface area contributed by atoms with Crippen molar-refractivity contribution in [2.24, 2.45) is 0 Å². The normalized spacial score (nSPS) is 10.6. The van der Waals surface area contributed by atoms with Crippen molar-refractivity contribution >= 4 is 5.97 Å². The first kappa shape index (κ1) is 11.6. The van der Waals surface area contributed by atoms with Gasteiger partial charge in [-0.05, 0) is 35.6 Å². The molecule has 0 saturated heterocycles. The highest BCUT2D eigenvalue weighted by Gasteiger charge is 2.18. The molecule has 2 aliphatic carbocycles. The van der Waals surface area contributed by atoms with Gasteiger partial charge < -0.3 is 5.11 Å². The lowest BCUT2D eigenvalue weighted by atomic mass is 10.0. The van der Waals surface area contributed by atoms with Crippen molar-refractivity contribution in [1.29, 1.82) is 0 Å². The van der Waals surface area contributed by atoms with Crippen molar-refractivity contribution in [2.45, 2.75) is 26.2 Å². The van der Waals surface area contributed by atoms with Crippen LogP contribution >= 0.6 is 0 Å². The van der Waals surface area contributed by atoms with Gasteiger partial charge in [-0.15, -0.1) is 0 Å². The molecular weight excluding hydrogens is 212 g/mol. The van der Waals surface area contributed by atoms with Crippen LogP contribution in [0.25, 0.3) is 11.1 Å². The van der Waals surface area contributed by atoms with Crippen LogP contribution in [-0.4, -0.2) is 11.1 Å².